The molecule has 1 aromatic heterocycles. The van der Waals surface area contributed by atoms with Crippen LogP contribution < -0.4 is 10.3 Å². The lowest BCUT2D eigenvalue weighted by atomic mass is 10.0. The summed E-state index contributed by atoms with van der Waals surface area (Å²) in [5.41, 5.74) is 9.21. The molecular weight excluding hydrogens is 208 g/mol. The van der Waals surface area contributed by atoms with Gasteiger partial charge in [-0.15, -0.1) is 0 Å². The molecule has 0 unspecified atom stereocenters. The molecule has 2 nitrogen and oxygen atoms in total. The lowest BCUT2D eigenvalue weighted by molar-refractivity contribution is -0.649. The van der Waals surface area contributed by atoms with E-state index in [2.05, 4.69) is 54.9 Å². The molecule has 3 rings (SSSR count). The lowest BCUT2D eigenvalue weighted by Gasteiger charge is -2.06. The molecule has 0 amide bonds. The zero-order chi connectivity index (χ0) is 12.0. The Morgan fingerprint density at radius 1 is 0.941 bits per heavy atom. The molecule has 0 spiro atoms. The molecule has 0 saturated carbocycles. The molecule has 3 aromatic rings. The van der Waals surface area contributed by atoms with Crippen LogP contribution in [-0.4, -0.2) is 0 Å². The third-order valence-corrected chi connectivity index (χ3v) is 3.49. The van der Waals surface area contributed by atoms with Gasteiger partial charge in [-0.3, -0.25) is 0 Å². The smallest absolute Gasteiger partial charge is 0.213 e. The number of nitrogen functional groups attached to an aromatic ring is 1. The van der Waals surface area contributed by atoms with Crippen molar-refractivity contribution < 1.29 is 4.57 Å². The fourth-order valence-electron chi connectivity index (χ4n) is 2.46. The quantitative estimate of drug-likeness (QED) is 0.354. The van der Waals surface area contributed by atoms with E-state index in [9.17, 15) is 0 Å². The second-order valence-electron chi connectivity index (χ2n) is 4.47. The number of nitrogens with two attached hydrogens (primary N) is 1. The molecule has 2 aromatic carbocycles. The lowest BCUT2D eigenvalue weighted by Crippen LogP contribution is -2.33. The summed E-state index contributed by atoms with van der Waals surface area (Å²) < 4.78 is 2.23. The van der Waals surface area contributed by atoms with Gasteiger partial charge in [0.2, 0.25) is 5.52 Å². The highest BCUT2D eigenvalue weighted by Crippen LogP contribution is 2.26. The van der Waals surface area contributed by atoms with Crippen LogP contribution in [0.5, 0.6) is 0 Å². The van der Waals surface area contributed by atoms with Crippen LogP contribution in [0.3, 0.4) is 0 Å². The fraction of sp³-hybridized carbons (Fsp3) is 0.133. The Labute approximate surface area is 100 Å². The monoisotopic (exact) mass is 223 g/mol. The first kappa shape index (κ1) is 10.1. The van der Waals surface area contributed by atoms with Gasteiger partial charge < -0.3 is 5.73 Å². The Hall–Kier alpha value is -2.09. The third-order valence-electron chi connectivity index (χ3n) is 3.49. The van der Waals surface area contributed by atoms with Crippen molar-refractivity contribution >= 4 is 27.4 Å². The van der Waals surface area contributed by atoms with Gasteiger partial charge in [-0.2, -0.15) is 4.57 Å². The first-order chi connectivity index (χ1) is 8.18. The fourth-order valence-corrected chi connectivity index (χ4v) is 2.46. The van der Waals surface area contributed by atoms with E-state index in [1.165, 1.54) is 27.4 Å². The Morgan fingerprint density at radius 2 is 1.71 bits per heavy atom. The number of hydrogen-bond donors (Lipinski definition) is 1. The Bertz CT molecular complexity index is 730. The van der Waals surface area contributed by atoms with Crippen LogP contribution in [0, 0.1) is 6.92 Å². The van der Waals surface area contributed by atoms with Crippen molar-refractivity contribution in [2.24, 2.45) is 7.05 Å². The summed E-state index contributed by atoms with van der Waals surface area (Å²) >= 11 is 0. The highest BCUT2D eigenvalue weighted by atomic mass is 14.9. The summed E-state index contributed by atoms with van der Waals surface area (Å²) in [5.74, 6) is 0. The van der Waals surface area contributed by atoms with Gasteiger partial charge >= 0.3 is 0 Å². The number of fused-ring (bicyclic) bond motifs is 3. The standard InChI is InChI=1S/C15H14N2/c1-10-12-8-7-11(16)9-14(12)13-5-3-4-6-15(13)17(10)2/h3-9,16H,1-2H3/p+1. The number of hydrogen-bond acceptors (Lipinski definition) is 1. The van der Waals surface area contributed by atoms with Crippen LogP contribution in [0.1, 0.15) is 5.69 Å². The Balaban J connectivity index is 2.66. The molecular formula is C15H15N2+. The van der Waals surface area contributed by atoms with E-state index in [1.807, 2.05) is 6.07 Å². The van der Waals surface area contributed by atoms with Gasteiger partial charge in [0, 0.05) is 29.4 Å². The molecule has 0 atom stereocenters. The van der Waals surface area contributed by atoms with E-state index >= 15 is 0 Å². The van der Waals surface area contributed by atoms with Crippen LogP contribution in [-0.2, 0) is 7.05 Å². The van der Waals surface area contributed by atoms with E-state index in [1.54, 1.807) is 0 Å². The van der Waals surface area contributed by atoms with Crippen molar-refractivity contribution in [1.82, 2.24) is 0 Å². The maximum atomic E-state index is 5.90. The third kappa shape index (κ3) is 1.37. The molecule has 17 heavy (non-hydrogen) atoms. The molecule has 0 aliphatic rings. The molecule has 0 fully saturated rings. The van der Waals surface area contributed by atoms with Crippen molar-refractivity contribution in [2.45, 2.75) is 6.92 Å². The minimum atomic E-state index is 0.816. The number of rotatable bonds is 0. The molecule has 2 N–H and O–H groups in total. The van der Waals surface area contributed by atoms with Crippen molar-refractivity contribution in [1.29, 1.82) is 0 Å². The van der Waals surface area contributed by atoms with E-state index in [4.69, 9.17) is 5.73 Å². The minimum absolute atomic E-state index is 0.816. The number of anilines is 1. The number of nitrogens with zero attached hydrogens (tertiary/aromatic N) is 1. The number of aromatic nitrogens is 1. The Kier molecular flexibility index (Phi) is 2.05. The normalized spacial score (nSPS) is 11.2. The number of benzene rings is 2. The first-order valence-corrected chi connectivity index (χ1v) is 5.75. The second-order valence-corrected chi connectivity index (χ2v) is 4.47. The number of aryl methyl sites for hydroxylation is 2. The average Bonchev–Trinajstić information content (AvgIpc) is 2.36. The molecule has 2 heteroatoms. The van der Waals surface area contributed by atoms with Gasteiger partial charge in [0.15, 0.2) is 5.69 Å². The molecule has 84 valence electrons. The predicted octanol–water partition coefficient (Wildman–Crippen LogP) is 2.71. The highest BCUT2D eigenvalue weighted by molar-refractivity contribution is 6.05. The maximum absolute atomic E-state index is 5.90. The largest absolute Gasteiger partial charge is 0.399 e. The summed E-state index contributed by atoms with van der Waals surface area (Å²) in [6.45, 7) is 2.14. The van der Waals surface area contributed by atoms with Crippen LogP contribution in [0.25, 0.3) is 21.7 Å². The van der Waals surface area contributed by atoms with Crippen LogP contribution in [0.4, 0.5) is 5.69 Å². The van der Waals surface area contributed by atoms with Crippen molar-refractivity contribution in [3.05, 3.63) is 48.2 Å². The van der Waals surface area contributed by atoms with Gasteiger partial charge in [-0.1, -0.05) is 12.1 Å². The summed E-state index contributed by atoms with van der Waals surface area (Å²) in [6.07, 6.45) is 0. The van der Waals surface area contributed by atoms with Crippen LogP contribution in [0.2, 0.25) is 0 Å². The summed E-state index contributed by atoms with van der Waals surface area (Å²) in [7, 11) is 2.10. The van der Waals surface area contributed by atoms with Crippen LogP contribution in [0.15, 0.2) is 42.5 Å². The van der Waals surface area contributed by atoms with Crippen molar-refractivity contribution in [3.63, 3.8) is 0 Å². The van der Waals surface area contributed by atoms with Gasteiger partial charge in [0.1, 0.15) is 7.05 Å². The molecule has 0 aliphatic carbocycles. The molecule has 0 saturated heterocycles. The van der Waals surface area contributed by atoms with Gasteiger partial charge in [0.25, 0.3) is 0 Å². The second kappa shape index (κ2) is 3.45. The van der Waals surface area contributed by atoms with Gasteiger partial charge in [-0.25, -0.2) is 0 Å². The van der Waals surface area contributed by atoms with Crippen molar-refractivity contribution in [3.8, 4) is 0 Å². The van der Waals surface area contributed by atoms with Crippen molar-refractivity contribution in [2.75, 3.05) is 5.73 Å². The average molecular weight is 223 g/mol. The topological polar surface area (TPSA) is 29.9 Å². The van der Waals surface area contributed by atoms with E-state index in [0.717, 1.165) is 5.69 Å². The summed E-state index contributed by atoms with van der Waals surface area (Å²) in [4.78, 5) is 0. The highest BCUT2D eigenvalue weighted by Gasteiger charge is 2.14. The summed E-state index contributed by atoms with van der Waals surface area (Å²) in [6, 6.07) is 14.6. The SMILES string of the molecule is Cc1c2ccc(N)cc2c2ccccc2[n+]1C. The van der Waals surface area contributed by atoms with Gasteiger partial charge in [-0.05, 0) is 24.3 Å². The zero-order valence-corrected chi connectivity index (χ0v) is 10.1. The van der Waals surface area contributed by atoms with E-state index < -0.39 is 0 Å². The molecule has 0 bridgehead atoms. The van der Waals surface area contributed by atoms with E-state index in [0.29, 0.717) is 0 Å². The molecule has 0 aliphatic heterocycles. The van der Waals surface area contributed by atoms with E-state index in [-0.39, 0.29) is 0 Å². The summed E-state index contributed by atoms with van der Waals surface area (Å²) in [5, 5.41) is 3.75. The Morgan fingerprint density at radius 3 is 2.53 bits per heavy atom. The first-order valence-electron chi connectivity index (χ1n) is 5.75. The number of pyridine rings is 1. The van der Waals surface area contributed by atoms with Crippen LogP contribution >= 0.6 is 0 Å². The zero-order valence-electron chi connectivity index (χ0n) is 10.1. The van der Waals surface area contributed by atoms with Gasteiger partial charge in [0.05, 0.1) is 5.39 Å². The minimum Gasteiger partial charge on any atom is -0.399 e. The molecule has 0 radical (unpaired) electrons. The maximum Gasteiger partial charge on any atom is 0.213 e. The predicted molar refractivity (Wildman–Crippen MR) is 71.8 cm³/mol. The molecule has 1 heterocycles. The number of para-hydroxylation sites is 1.